The first-order valence-corrected chi connectivity index (χ1v) is 6.90. The van der Waals surface area contributed by atoms with E-state index in [-0.39, 0.29) is 12.1 Å². The molecule has 2 rings (SSSR count). The van der Waals surface area contributed by atoms with Crippen LogP contribution in [0.4, 0.5) is 0 Å². The number of carbonyl (C=O) groups is 1. The van der Waals surface area contributed by atoms with Crippen LogP contribution in [0, 0.1) is 0 Å². The van der Waals surface area contributed by atoms with Crippen molar-refractivity contribution in [3.63, 3.8) is 0 Å². The summed E-state index contributed by atoms with van der Waals surface area (Å²) in [7, 11) is 0. The van der Waals surface area contributed by atoms with Crippen molar-refractivity contribution < 1.29 is 9.53 Å². The lowest BCUT2D eigenvalue weighted by Gasteiger charge is -2.11. The van der Waals surface area contributed by atoms with Gasteiger partial charge in [0.2, 0.25) is 0 Å². The van der Waals surface area contributed by atoms with Crippen LogP contribution in [-0.2, 0) is 16.0 Å². The van der Waals surface area contributed by atoms with Gasteiger partial charge in [-0.3, -0.25) is 4.79 Å². The van der Waals surface area contributed by atoms with Crippen LogP contribution < -0.4 is 0 Å². The maximum Gasteiger partial charge on any atom is 0.306 e. The smallest absolute Gasteiger partial charge is 0.306 e. The Bertz CT molecular complexity index is 476. The number of esters is 1. The molecular formula is C15H16O2S. The number of aryl methyl sites for hydroxylation is 1. The standard InChI is InChI=1S/C15H16O2S/c1-12(14-8-5-11-18-14)17-15(16)10-9-13-6-3-2-4-7-13/h2-8,11-12H,9-10H2,1H3/t12-/m1/s1. The van der Waals surface area contributed by atoms with E-state index in [1.54, 1.807) is 11.3 Å². The fraction of sp³-hybridized carbons (Fsp3) is 0.267. The second-order valence-corrected chi connectivity index (χ2v) is 5.11. The number of hydrogen-bond donors (Lipinski definition) is 0. The van der Waals surface area contributed by atoms with Crippen LogP contribution in [0.15, 0.2) is 47.8 Å². The Balaban J connectivity index is 1.79. The molecule has 0 saturated carbocycles. The summed E-state index contributed by atoms with van der Waals surface area (Å²) in [4.78, 5) is 12.8. The maximum absolute atomic E-state index is 11.7. The zero-order valence-electron chi connectivity index (χ0n) is 10.3. The van der Waals surface area contributed by atoms with Gasteiger partial charge in [0.05, 0.1) is 0 Å². The van der Waals surface area contributed by atoms with Crippen molar-refractivity contribution in [2.75, 3.05) is 0 Å². The zero-order valence-corrected chi connectivity index (χ0v) is 11.2. The van der Waals surface area contributed by atoms with Crippen LogP contribution >= 0.6 is 11.3 Å². The van der Waals surface area contributed by atoms with Crippen molar-refractivity contribution in [1.29, 1.82) is 0 Å². The van der Waals surface area contributed by atoms with Crippen molar-refractivity contribution in [3.05, 3.63) is 58.3 Å². The molecule has 18 heavy (non-hydrogen) atoms. The van der Waals surface area contributed by atoms with E-state index in [9.17, 15) is 4.79 Å². The molecule has 0 unspecified atom stereocenters. The molecule has 1 aromatic carbocycles. The van der Waals surface area contributed by atoms with Crippen LogP contribution in [0.2, 0.25) is 0 Å². The molecule has 0 N–H and O–H groups in total. The van der Waals surface area contributed by atoms with E-state index in [0.29, 0.717) is 6.42 Å². The van der Waals surface area contributed by atoms with Gasteiger partial charge in [0, 0.05) is 11.3 Å². The first-order chi connectivity index (χ1) is 8.75. The van der Waals surface area contributed by atoms with Gasteiger partial charge in [-0.2, -0.15) is 0 Å². The first-order valence-electron chi connectivity index (χ1n) is 6.02. The van der Waals surface area contributed by atoms with Crippen molar-refractivity contribution in [3.8, 4) is 0 Å². The van der Waals surface area contributed by atoms with E-state index in [1.165, 1.54) is 5.56 Å². The fourth-order valence-corrected chi connectivity index (χ4v) is 2.44. The lowest BCUT2D eigenvalue weighted by molar-refractivity contribution is -0.148. The maximum atomic E-state index is 11.7. The third-order valence-corrected chi connectivity index (χ3v) is 3.75. The molecule has 2 aromatic rings. The normalized spacial score (nSPS) is 12.1. The number of carbonyl (C=O) groups excluding carboxylic acids is 1. The van der Waals surface area contributed by atoms with Crippen molar-refractivity contribution in [2.45, 2.75) is 25.9 Å². The van der Waals surface area contributed by atoms with Gasteiger partial charge in [-0.1, -0.05) is 36.4 Å². The molecule has 0 bridgehead atoms. The molecule has 0 aliphatic heterocycles. The molecule has 94 valence electrons. The van der Waals surface area contributed by atoms with E-state index in [0.717, 1.165) is 11.3 Å². The third kappa shape index (κ3) is 3.70. The van der Waals surface area contributed by atoms with Gasteiger partial charge in [0.15, 0.2) is 0 Å². The van der Waals surface area contributed by atoms with E-state index >= 15 is 0 Å². The first kappa shape index (κ1) is 12.8. The van der Waals surface area contributed by atoms with Gasteiger partial charge in [0.25, 0.3) is 0 Å². The highest BCUT2D eigenvalue weighted by Gasteiger charge is 2.12. The lowest BCUT2D eigenvalue weighted by Crippen LogP contribution is -2.08. The quantitative estimate of drug-likeness (QED) is 0.760. The van der Waals surface area contributed by atoms with Crippen molar-refractivity contribution in [2.24, 2.45) is 0 Å². The molecule has 1 aromatic heterocycles. The Morgan fingerprint density at radius 2 is 2.00 bits per heavy atom. The van der Waals surface area contributed by atoms with Crippen LogP contribution in [0.5, 0.6) is 0 Å². The van der Waals surface area contributed by atoms with Crippen LogP contribution in [-0.4, -0.2) is 5.97 Å². The van der Waals surface area contributed by atoms with Gasteiger partial charge in [-0.05, 0) is 30.4 Å². The minimum Gasteiger partial charge on any atom is -0.457 e. The summed E-state index contributed by atoms with van der Waals surface area (Å²) in [5.41, 5.74) is 1.17. The van der Waals surface area contributed by atoms with Gasteiger partial charge < -0.3 is 4.74 Å². The molecule has 0 radical (unpaired) electrons. The number of benzene rings is 1. The summed E-state index contributed by atoms with van der Waals surface area (Å²) < 4.78 is 5.39. The summed E-state index contributed by atoms with van der Waals surface area (Å²) >= 11 is 1.61. The van der Waals surface area contributed by atoms with E-state index in [4.69, 9.17) is 4.74 Å². The molecule has 1 heterocycles. The largest absolute Gasteiger partial charge is 0.457 e. The van der Waals surface area contributed by atoms with Crippen LogP contribution in [0.3, 0.4) is 0 Å². The summed E-state index contributed by atoms with van der Waals surface area (Å²) in [6, 6.07) is 13.9. The predicted molar refractivity (Wildman–Crippen MR) is 73.6 cm³/mol. The lowest BCUT2D eigenvalue weighted by atomic mass is 10.1. The molecule has 2 nitrogen and oxygen atoms in total. The van der Waals surface area contributed by atoms with Crippen LogP contribution in [0.1, 0.15) is 29.9 Å². The highest BCUT2D eigenvalue weighted by molar-refractivity contribution is 7.10. The average Bonchev–Trinajstić information content (AvgIpc) is 2.91. The summed E-state index contributed by atoms with van der Waals surface area (Å²) in [6.45, 7) is 1.91. The van der Waals surface area contributed by atoms with Crippen LogP contribution in [0.25, 0.3) is 0 Å². The Morgan fingerprint density at radius 3 is 2.67 bits per heavy atom. The van der Waals surface area contributed by atoms with Gasteiger partial charge in [0.1, 0.15) is 6.10 Å². The third-order valence-electron chi connectivity index (χ3n) is 2.71. The van der Waals surface area contributed by atoms with E-state index < -0.39 is 0 Å². The minimum atomic E-state index is -0.145. The highest BCUT2D eigenvalue weighted by atomic mass is 32.1. The average molecular weight is 260 g/mol. The molecule has 3 heteroatoms. The summed E-state index contributed by atoms with van der Waals surface area (Å²) in [5, 5.41) is 1.99. The molecule has 0 spiro atoms. The molecule has 0 amide bonds. The van der Waals surface area contributed by atoms with Gasteiger partial charge in [-0.25, -0.2) is 0 Å². The van der Waals surface area contributed by atoms with Gasteiger partial charge in [-0.15, -0.1) is 11.3 Å². The molecule has 0 saturated heterocycles. The van der Waals surface area contributed by atoms with Gasteiger partial charge >= 0.3 is 5.97 Å². The van der Waals surface area contributed by atoms with Crippen molar-refractivity contribution in [1.82, 2.24) is 0 Å². The summed E-state index contributed by atoms with van der Waals surface area (Å²) in [5.74, 6) is -0.139. The number of hydrogen-bond acceptors (Lipinski definition) is 3. The second-order valence-electron chi connectivity index (χ2n) is 4.13. The molecule has 1 atom stereocenters. The number of rotatable bonds is 5. The van der Waals surface area contributed by atoms with E-state index in [2.05, 4.69) is 0 Å². The zero-order chi connectivity index (χ0) is 12.8. The molecule has 0 aliphatic rings. The minimum absolute atomic E-state index is 0.139. The van der Waals surface area contributed by atoms with Crippen molar-refractivity contribution >= 4 is 17.3 Å². The summed E-state index contributed by atoms with van der Waals surface area (Å²) in [6.07, 6.45) is 1.02. The fourth-order valence-electron chi connectivity index (χ4n) is 1.73. The Labute approximate surface area is 111 Å². The monoisotopic (exact) mass is 260 g/mol. The SMILES string of the molecule is C[C@@H](OC(=O)CCc1ccccc1)c1cccs1. The molecule has 0 fully saturated rings. The van der Waals surface area contributed by atoms with E-state index in [1.807, 2.05) is 54.8 Å². The number of thiophene rings is 1. The Hall–Kier alpha value is -1.61. The molecular weight excluding hydrogens is 244 g/mol. The number of ether oxygens (including phenoxy) is 1. The predicted octanol–water partition coefficient (Wildman–Crippen LogP) is 3.99. The Morgan fingerprint density at radius 1 is 1.22 bits per heavy atom. The highest BCUT2D eigenvalue weighted by Crippen LogP contribution is 2.22. The second kappa shape index (κ2) is 6.36. The topological polar surface area (TPSA) is 26.3 Å². The Kier molecular flexibility index (Phi) is 4.53. The molecule has 0 aliphatic carbocycles.